The molecule has 1 saturated carbocycles. The monoisotopic (exact) mass is 464 g/mol. The summed E-state index contributed by atoms with van der Waals surface area (Å²) in [5.74, 6) is 1.62. The summed E-state index contributed by atoms with van der Waals surface area (Å²) in [6.07, 6.45) is 9.24. The smallest absolute Gasteiger partial charge is 0.236 e. The number of amides is 2. The highest BCUT2D eigenvalue weighted by Gasteiger charge is 2.28. The van der Waals surface area contributed by atoms with Gasteiger partial charge in [-0.1, -0.05) is 26.2 Å². The van der Waals surface area contributed by atoms with E-state index >= 15 is 0 Å². The van der Waals surface area contributed by atoms with E-state index in [-0.39, 0.29) is 30.7 Å². The van der Waals surface area contributed by atoms with E-state index < -0.39 is 0 Å². The fourth-order valence-corrected chi connectivity index (χ4v) is 5.07. The molecule has 0 aromatic heterocycles. The van der Waals surface area contributed by atoms with Crippen LogP contribution in [0.1, 0.15) is 58.3 Å². The summed E-state index contributed by atoms with van der Waals surface area (Å²) in [4.78, 5) is 31.6. The maximum absolute atomic E-state index is 12.7. The van der Waals surface area contributed by atoms with Gasteiger partial charge in [0.25, 0.3) is 0 Å². The number of nitrogens with one attached hydrogen (secondary N) is 1. The molecule has 0 aromatic carbocycles. The van der Waals surface area contributed by atoms with Crippen LogP contribution in [0.4, 0.5) is 0 Å². The van der Waals surface area contributed by atoms with Gasteiger partial charge in [-0.05, 0) is 50.6 Å². The molecule has 0 bridgehead atoms. The summed E-state index contributed by atoms with van der Waals surface area (Å²) in [6, 6.07) is 0.430. The molecule has 3 rings (SSSR count). The zero-order valence-corrected chi connectivity index (χ0v) is 20.4. The van der Waals surface area contributed by atoms with E-state index in [1.165, 1.54) is 32.1 Å². The first-order valence-electron chi connectivity index (χ1n) is 11.5. The Bertz CT molecular complexity index is 517. The van der Waals surface area contributed by atoms with Crippen molar-refractivity contribution in [1.82, 2.24) is 20.0 Å². The zero-order valence-electron chi connectivity index (χ0n) is 18.8. The predicted octanol–water partition coefficient (Wildman–Crippen LogP) is 2.79. The third-order valence-corrected chi connectivity index (χ3v) is 7.24. The fraction of sp³-hybridized carbons (Fsp3) is 0.909. The minimum absolute atomic E-state index is 0. The van der Waals surface area contributed by atoms with Crippen molar-refractivity contribution in [2.75, 3.05) is 52.9 Å². The quantitative estimate of drug-likeness (QED) is 0.656. The van der Waals surface area contributed by atoms with E-state index in [9.17, 15) is 9.59 Å². The molecule has 2 unspecified atom stereocenters. The summed E-state index contributed by atoms with van der Waals surface area (Å²) in [6.45, 7) is 8.05. The number of rotatable bonds is 6. The van der Waals surface area contributed by atoms with Crippen LogP contribution in [-0.2, 0) is 9.59 Å². The Labute approximate surface area is 195 Å². The number of likely N-dealkylation sites (N-methyl/N-ethyl adjacent to an activating group) is 1. The molecule has 3 aliphatic rings. The summed E-state index contributed by atoms with van der Waals surface area (Å²) in [5, 5.41) is 3.46. The van der Waals surface area contributed by atoms with Crippen LogP contribution in [-0.4, -0.2) is 85.4 Å². The molecule has 3 fully saturated rings. The summed E-state index contributed by atoms with van der Waals surface area (Å²) in [5.41, 5.74) is 0. The fourth-order valence-electron chi connectivity index (χ4n) is 5.07. The van der Waals surface area contributed by atoms with Crippen molar-refractivity contribution >= 4 is 36.6 Å². The van der Waals surface area contributed by atoms with E-state index in [1.54, 1.807) is 0 Å². The van der Waals surface area contributed by atoms with Crippen molar-refractivity contribution in [2.45, 2.75) is 64.3 Å². The van der Waals surface area contributed by atoms with E-state index in [4.69, 9.17) is 0 Å². The molecule has 0 radical (unpaired) electrons. The van der Waals surface area contributed by atoms with Gasteiger partial charge in [-0.25, -0.2) is 0 Å². The van der Waals surface area contributed by atoms with Gasteiger partial charge in [-0.2, -0.15) is 0 Å². The normalized spacial score (nSPS) is 24.3. The van der Waals surface area contributed by atoms with Gasteiger partial charge in [-0.3, -0.25) is 14.5 Å². The summed E-state index contributed by atoms with van der Waals surface area (Å²) in [7, 11) is 1.97. The molecule has 2 aliphatic heterocycles. The van der Waals surface area contributed by atoms with Crippen LogP contribution in [0, 0.1) is 11.8 Å². The molecule has 2 atom stereocenters. The van der Waals surface area contributed by atoms with Gasteiger partial charge < -0.3 is 15.1 Å². The number of nitrogens with zero attached hydrogens (tertiary/aromatic N) is 3. The maximum Gasteiger partial charge on any atom is 0.236 e. The average Bonchev–Trinajstić information content (AvgIpc) is 2.74. The molecule has 1 N–H and O–H groups in total. The first-order valence-corrected chi connectivity index (χ1v) is 11.5. The Morgan fingerprint density at radius 2 is 1.67 bits per heavy atom. The standard InChI is InChI=1S/C22H40N4O2.2ClH/c1-18(19-7-6-10-23-16-19)15-21(27)26-13-11-25(12-14-26)17-22(28)24(2)20-8-4-3-5-9-20;;/h18-20,23H,3-17H2,1-2H3;2*1H. The molecule has 6 nitrogen and oxygen atoms in total. The van der Waals surface area contributed by atoms with E-state index in [2.05, 4.69) is 17.1 Å². The van der Waals surface area contributed by atoms with Gasteiger partial charge in [0.1, 0.15) is 0 Å². The number of hydrogen-bond acceptors (Lipinski definition) is 4. The van der Waals surface area contributed by atoms with Crippen LogP contribution < -0.4 is 5.32 Å². The lowest BCUT2D eigenvalue weighted by Crippen LogP contribution is -2.52. The van der Waals surface area contributed by atoms with Crippen molar-refractivity contribution < 1.29 is 9.59 Å². The number of halogens is 2. The van der Waals surface area contributed by atoms with Crippen LogP contribution >= 0.6 is 24.8 Å². The lowest BCUT2D eigenvalue weighted by atomic mass is 9.85. The number of piperazine rings is 1. The number of carbonyl (C=O) groups is 2. The molecule has 176 valence electrons. The van der Waals surface area contributed by atoms with Crippen molar-refractivity contribution in [2.24, 2.45) is 11.8 Å². The molecule has 0 aromatic rings. The lowest BCUT2D eigenvalue weighted by molar-refractivity contribution is -0.136. The second-order valence-corrected chi connectivity index (χ2v) is 9.24. The van der Waals surface area contributed by atoms with Gasteiger partial charge in [-0.15, -0.1) is 24.8 Å². The molecule has 8 heteroatoms. The van der Waals surface area contributed by atoms with Gasteiger partial charge in [0.2, 0.25) is 11.8 Å². The van der Waals surface area contributed by atoms with Crippen LogP contribution in [0.2, 0.25) is 0 Å². The molecule has 30 heavy (non-hydrogen) atoms. The maximum atomic E-state index is 12.7. The van der Waals surface area contributed by atoms with E-state index in [0.29, 0.717) is 36.8 Å². The third-order valence-electron chi connectivity index (χ3n) is 7.24. The van der Waals surface area contributed by atoms with Crippen molar-refractivity contribution in [1.29, 1.82) is 0 Å². The molecule has 1 aliphatic carbocycles. The molecule has 2 heterocycles. The minimum Gasteiger partial charge on any atom is -0.342 e. The highest BCUT2D eigenvalue weighted by atomic mass is 35.5. The van der Waals surface area contributed by atoms with Crippen LogP contribution in [0.15, 0.2) is 0 Å². The third kappa shape index (κ3) is 7.85. The number of piperidine rings is 1. The van der Waals surface area contributed by atoms with Crippen LogP contribution in [0.5, 0.6) is 0 Å². The highest BCUT2D eigenvalue weighted by molar-refractivity contribution is 5.85. The zero-order chi connectivity index (χ0) is 19.9. The summed E-state index contributed by atoms with van der Waals surface area (Å²) < 4.78 is 0. The first kappa shape index (κ1) is 27.5. The molecule has 2 saturated heterocycles. The molecular weight excluding hydrogens is 423 g/mol. The van der Waals surface area contributed by atoms with Crippen molar-refractivity contribution in [3.63, 3.8) is 0 Å². The molecule has 2 amide bonds. The number of carbonyl (C=O) groups excluding carboxylic acids is 2. The Balaban J connectivity index is 0.00000225. The predicted molar refractivity (Wildman–Crippen MR) is 127 cm³/mol. The van der Waals surface area contributed by atoms with Crippen molar-refractivity contribution in [3.05, 3.63) is 0 Å². The van der Waals surface area contributed by atoms with Gasteiger partial charge in [0.05, 0.1) is 6.54 Å². The van der Waals surface area contributed by atoms with Gasteiger partial charge in [0, 0.05) is 45.7 Å². The molecule has 0 spiro atoms. The Hall–Kier alpha value is -0.560. The summed E-state index contributed by atoms with van der Waals surface area (Å²) >= 11 is 0. The van der Waals surface area contributed by atoms with E-state index in [0.717, 1.165) is 52.1 Å². The second kappa shape index (κ2) is 13.8. The first-order chi connectivity index (χ1) is 13.5. The SMILES string of the molecule is CC(CC(=O)N1CCN(CC(=O)N(C)C2CCCCC2)CC1)C1CCCNC1.Cl.Cl. The minimum atomic E-state index is 0. The Morgan fingerprint density at radius 3 is 2.27 bits per heavy atom. The molecular formula is C22H42Cl2N4O2. The average molecular weight is 466 g/mol. The second-order valence-electron chi connectivity index (χ2n) is 9.24. The van der Waals surface area contributed by atoms with Gasteiger partial charge >= 0.3 is 0 Å². The lowest BCUT2D eigenvalue weighted by Gasteiger charge is -2.37. The van der Waals surface area contributed by atoms with Crippen molar-refractivity contribution in [3.8, 4) is 0 Å². The van der Waals surface area contributed by atoms with E-state index in [1.807, 2.05) is 16.8 Å². The Kier molecular flexibility index (Phi) is 12.6. The number of hydrogen-bond donors (Lipinski definition) is 1. The van der Waals surface area contributed by atoms with Crippen LogP contribution in [0.25, 0.3) is 0 Å². The highest BCUT2D eigenvalue weighted by Crippen LogP contribution is 2.24. The topological polar surface area (TPSA) is 55.9 Å². The van der Waals surface area contributed by atoms with Gasteiger partial charge in [0.15, 0.2) is 0 Å². The van der Waals surface area contributed by atoms with Crippen LogP contribution in [0.3, 0.4) is 0 Å². The largest absolute Gasteiger partial charge is 0.342 e. The Morgan fingerprint density at radius 1 is 1.00 bits per heavy atom.